The fraction of sp³-hybridized carbons (Fsp3) is 0.632. The minimum absolute atomic E-state index is 0. The van der Waals surface area contributed by atoms with E-state index >= 15 is 0 Å². The van der Waals surface area contributed by atoms with Crippen LogP contribution in [0, 0.1) is 0 Å². The second-order valence-electron chi connectivity index (χ2n) is 6.18. The molecule has 0 spiro atoms. The number of rotatable bonds is 11. The van der Waals surface area contributed by atoms with E-state index in [1.807, 2.05) is 13.0 Å². The van der Waals surface area contributed by atoms with Gasteiger partial charge >= 0.3 is 0 Å². The molecule has 28 heavy (non-hydrogen) atoms. The van der Waals surface area contributed by atoms with E-state index in [-0.39, 0.29) is 30.1 Å². The molecule has 0 bridgehead atoms. The molecule has 1 fully saturated rings. The van der Waals surface area contributed by atoms with Crippen LogP contribution in [-0.2, 0) is 16.0 Å². The minimum Gasteiger partial charge on any atom is -0.488 e. The van der Waals surface area contributed by atoms with Crippen molar-refractivity contribution in [1.29, 1.82) is 0 Å². The van der Waals surface area contributed by atoms with Crippen LogP contribution >= 0.6 is 24.0 Å². The van der Waals surface area contributed by atoms with E-state index in [0.717, 1.165) is 38.1 Å². The Morgan fingerprint density at radius 3 is 2.93 bits per heavy atom. The molecule has 1 heterocycles. The molecule has 1 atom stereocenters. The number of nitrogens with zero attached hydrogens (tertiary/aromatic N) is 1. The lowest BCUT2D eigenvalue weighted by Gasteiger charge is -2.13. The summed E-state index contributed by atoms with van der Waals surface area (Å²) >= 11 is 0. The van der Waals surface area contributed by atoms with Gasteiger partial charge in [0.25, 0.3) is 6.43 Å². The molecule has 1 aromatic rings. The van der Waals surface area contributed by atoms with E-state index in [1.165, 1.54) is 0 Å². The summed E-state index contributed by atoms with van der Waals surface area (Å²) in [6.45, 7) is 5.48. The molecule has 1 unspecified atom stereocenters. The van der Waals surface area contributed by atoms with Gasteiger partial charge in [0.1, 0.15) is 12.4 Å². The maximum Gasteiger partial charge on any atom is 0.272 e. The summed E-state index contributed by atoms with van der Waals surface area (Å²) in [5.41, 5.74) is 0.892. The zero-order valence-electron chi connectivity index (χ0n) is 16.2. The number of benzene rings is 1. The van der Waals surface area contributed by atoms with Crippen LogP contribution < -0.4 is 15.4 Å². The summed E-state index contributed by atoms with van der Waals surface area (Å²) in [7, 11) is 0. The van der Waals surface area contributed by atoms with Crippen molar-refractivity contribution >= 4 is 29.9 Å². The molecule has 9 heteroatoms. The van der Waals surface area contributed by atoms with Gasteiger partial charge in [-0.05, 0) is 37.5 Å². The van der Waals surface area contributed by atoms with Gasteiger partial charge in [-0.1, -0.05) is 12.1 Å². The number of alkyl halides is 2. The lowest BCUT2D eigenvalue weighted by molar-refractivity contribution is 0.0420. The molecule has 1 saturated heterocycles. The summed E-state index contributed by atoms with van der Waals surface area (Å²) < 4.78 is 40.5. The quantitative estimate of drug-likeness (QED) is 0.206. The van der Waals surface area contributed by atoms with Gasteiger partial charge in [0.15, 0.2) is 5.96 Å². The molecule has 6 nitrogen and oxygen atoms in total. The van der Waals surface area contributed by atoms with Gasteiger partial charge in [0, 0.05) is 26.3 Å². The maximum atomic E-state index is 12.2. The van der Waals surface area contributed by atoms with E-state index in [0.29, 0.717) is 31.5 Å². The van der Waals surface area contributed by atoms with Gasteiger partial charge in [0.2, 0.25) is 0 Å². The van der Waals surface area contributed by atoms with Gasteiger partial charge < -0.3 is 24.8 Å². The van der Waals surface area contributed by atoms with E-state index < -0.39 is 13.0 Å². The molecule has 0 radical (unpaired) electrons. The predicted octanol–water partition coefficient (Wildman–Crippen LogP) is 3.20. The highest BCUT2D eigenvalue weighted by Crippen LogP contribution is 2.15. The number of nitrogens with one attached hydrogen (secondary N) is 2. The topological polar surface area (TPSA) is 64.1 Å². The highest BCUT2D eigenvalue weighted by molar-refractivity contribution is 14.0. The molecule has 2 N–H and O–H groups in total. The Balaban J connectivity index is 0.00000392. The van der Waals surface area contributed by atoms with E-state index in [2.05, 4.69) is 15.6 Å². The highest BCUT2D eigenvalue weighted by Gasteiger charge is 2.15. The number of hydrogen-bond acceptors (Lipinski definition) is 4. The molecule has 2 rings (SSSR count). The van der Waals surface area contributed by atoms with Crippen molar-refractivity contribution in [3.8, 4) is 5.75 Å². The summed E-state index contributed by atoms with van der Waals surface area (Å²) in [4.78, 5) is 4.53. The van der Waals surface area contributed by atoms with Crippen molar-refractivity contribution in [2.75, 3.05) is 39.5 Å². The van der Waals surface area contributed by atoms with Crippen molar-refractivity contribution in [3.63, 3.8) is 0 Å². The molecular formula is C19H30F2IN3O3. The zero-order valence-corrected chi connectivity index (χ0v) is 18.5. The van der Waals surface area contributed by atoms with Gasteiger partial charge in [-0.3, -0.25) is 0 Å². The van der Waals surface area contributed by atoms with Crippen LogP contribution in [0.4, 0.5) is 8.78 Å². The van der Waals surface area contributed by atoms with Gasteiger partial charge in [0.05, 0.1) is 19.3 Å². The Hall–Kier alpha value is -1.20. The molecule has 160 valence electrons. The third-order valence-corrected chi connectivity index (χ3v) is 3.89. The van der Waals surface area contributed by atoms with Crippen molar-refractivity contribution in [2.24, 2.45) is 4.99 Å². The summed E-state index contributed by atoms with van der Waals surface area (Å²) in [5.74, 6) is 1.13. The molecule has 1 aliphatic rings. The van der Waals surface area contributed by atoms with Crippen LogP contribution in [0.1, 0.15) is 25.3 Å². The fourth-order valence-electron chi connectivity index (χ4n) is 2.58. The minimum atomic E-state index is -2.48. The average molecular weight is 513 g/mol. The van der Waals surface area contributed by atoms with Crippen molar-refractivity contribution in [1.82, 2.24) is 10.6 Å². The van der Waals surface area contributed by atoms with Crippen LogP contribution in [0.3, 0.4) is 0 Å². The predicted molar refractivity (Wildman–Crippen MR) is 116 cm³/mol. The first-order valence-corrected chi connectivity index (χ1v) is 9.38. The normalized spacial score (nSPS) is 16.7. The van der Waals surface area contributed by atoms with E-state index in [9.17, 15) is 8.78 Å². The molecular weight excluding hydrogens is 483 g/mol. The van der Waals surface area contributed by atoms with Gasteiger partial charge in [-0.25, -0.2) is 13.8 Å². The highest BCUT2D eigenvalue weighted by atomic mass is 127. The van der Waals surface area contributed by atoms with Crippen LogP contribution in [0.15, 0.2) is 29.3 Å². The number of halogens is 3. The molecule has 0 aromatic heterocycles. The first-order chi connectivity index (χ1) is 13.2. The van der Waals surface area contributed by atoms with Gasteiger partial charge in [-0.15, -0.1) is 24.0 Å². The lowest BCUT2D eigenvalue weighted by atomic mass is 10.2. The molecule has 1 aromatic carbocycles. The van der Waals surface area contributed by atoms with Crippen LogP contribution in [-0.4, -0.2) is 58.0 Å². The summed E-state index contributed by atoms with van der Waals surface area (Å²) in [5, 5.41) is 6.46. The maximum absolute atomic E-state index is 12.2. The van der Waals surface area contributed by atoms with Crippen LogP contribution in [0.5, 0.6) is 5.75 Å². The monoisotopic (exact) mass is 513 g/mol. The van der Waals surface area contributed by atoms with Crippen molar-refractivity contribution in [3.05, 3.63) is 29.8 Å². The lowest BCUT2D eigenvalue weighted by Crippen LogP contribution is -2.38. The fourth-order valence-corrected chi connectivity index (χ4v) is 2.58. The molecule has 0 saturated carbocycles. The second-order valence-corrected chi connectivity index (χ2v) is 6.18. The standard InChI is InChI=1S/C19H29F2N3O3.HI/c1-2-22-19(23-8-4-9-26-17-7-10-25-13-17)24-12-15-5-3-6-16(11-15)27-14-18(20)21;/h3,5-6,11,17-18H,2,4,7-10,12-14H2,1H3,(H2,22,23,24);1H. The zero-order chi connectivity index (χ0) is 19.3. The Labute approximate surface area is 182 Å². The van der Waals surface area contributed by atoms with Crippen LogP contribution in [0.25, 0.3) is 0 Å². The smallest absolute Gasteiger partial charge is 0.272 e. The van der Waals surface area contributed by atoms with Crippen molar-refractivity contribution in [2.45, 2.75) is 38.8 Å². The molecule has 0 amide bonds. The first kappa shape index (κ1) is 24.8. The Kier molecular flexibility index (Phi) is 13.1. The molecule has 1 aliphatic heterocycles. The van der Waals surface area contributed by atoms with E-state index in [1.54, 1.807) is 18.2 Å². The van der Waals surface area contributed by atoms with E-state index in [4.69, 9.17) is 14.2 Å². The average Bonchev–Trinajstić information content (AvgIpc) is 3.18. The van der Waals surface area contributed by atoms with Crippen LogP contribution in [0.2, 0.25) is 0 Å². The Morgan fingerprint density at radius 1 is 1.36 bits per heavy atom. The first-order valence-electron chi connectivity index (χ1n) is 9.38. The summed E-state index contributed by atoms with van der Waals surface area (Å²) in [6.07, 6.45) is -0.414. The third-order valence-electron chi connectivity index (χ3n) is 3.89. The Bertz CT molecular complexity index is 573. The number of ether oxygens (including phenoxy) is 3. The number of guanidine groups is 1. The SMILES string of the molecule is CCNC(=NCc1cccc(OCC(F)F)c1)NCCCOC1CCOC1.I. The third kappa shape index (κ3) is 10.4. The summed E-state index contributed by atoms with van der Waals surface area (Å²) in [6, 6.07) is 7.05. The largest absolute Gasteiger partial charge is 0.488 e. The number of hydrogen-bond donors (Lipinski definition) is 2. The Morgan fingerprint density at radius 2 is 2.21 bits per heavy atom. The van der Waals surface area contributed by atoms with Gasteiger partial charge in [-0.2, -0.15) is 0 Å². The van der Waals surface area contributed by atoms with Crippen molar-refractivity contribution < 1.29 is 23.0 Å². The number of aliphatic imine (C=N–C) groups is 1. The molecule has 0 aliphatic carbocycles. The second kappa shape index (κ2) is 14.7.